The van der Waals surface area contributed by atoms with Crippen LogP contribution < -0.4 is 5.32 Å². The Hall–Kier alpha value is -1.60. The molecule has 0 saturated carbocycles. The van der Waals surface area contributed by atoms with Gasteiger partial charge in [0, 0.05) is 6.04 Å². The minimum absolute atomic E-state index is 0.376. The molecule has 2 aromatic rings. The first-order valence-electron chi connectivity index (χ1n) is 7.04. The summed E-state index contributed by atoms with van der Waals surface area (Å²) in [5.41, 5.74) is 6.79. The highest BCUT2D eigenvalue weighted by Crippen LogP contribution is 2.31. The topological polar surface area (TPSA) is 12.0 Å². The Morgan fingerprint density at radius 2 is 1.63 bits per heavy atom. The van der Waals surface area contributed by atoms with Crippen LogP contribution in [0.2, 0.25) is 0 Å². The first-order chi connectivity index (χ1) is 9.15. The fraction of sp³-hybridized carbons (Fsp3) is 0.333. The molecule has 0 amide bonds. The average Bonchev–Trinajstić information content (AvgIpc) is 2.42. The Bertz CT molecular complexity index is 557. The van der Waals surface area contributed by atoms with Gasteiger partial charge in [-0.3, -0.25) is 0 Å². The van der Waals surface area contributed by atoms with Gasteiger partial charge in [0.25, 0.3) is 0 Å². The highest BCUT2D eigenvalue weighted by atomic mass is 14.9. The van der Waals surface area contributed by atoms with Crippen LogP contribution >= 0.6 is 0 Å². The van der Waals surface area contributed by atoms with Gasteiger partial charge in [0.2, 0.25) is 0 Å². The molecule has 0 aliphatic rings. The molecule has 1 N–H and O–H groups in total. The minimum atomic E-state index is 0.376. The summed E-state index contributed by atoms with van der Waals surface area (Å²) in [5, 5.41) is 3.51. The normalized spacial score (nSPS) is 12.4. The molecule has 0 saturated heterocycles. The first kappa shape index (κ1) is 13.8. The maximum Gasteiger partial charge on any atom is 0.0297 e. The van der Waals surface area contributed by atoms with Crippen molar-refractivity contribution in [2.24, 2.45) is 0 Å². The number of hydrogen-bond donors (Lipinski definition) is 1. The van der Waals surface area contributed by atoms with Gasteiger partial charge < -0.3 is 5.32 Å². The zero-order valence-electron chi connectivity index (χ0n) is 12.3. The lowest BCUT2D eigenvalue weighted by Gasteiger charge is -2.19. The monoisotopic (exact) mass is 253 g/mol. The van der Waals surface area contributed by atoms with E-state index in [1.165, 1.54) is 27.8 Å². The number of hydrogen-bond acceptors (Lipinski definition) is 1. The second kappa shape index (κ2) is 6.03. The molecule has 0 heterocycles. The Morgan fingerprint density at radius 3 is 2.37 bits per heavy atom. The molecular formula is C18H23N. The van der Waals surface area contributed by atoms with Crippen LogP contribution in [-0.4, -0.2) is 6.54 Å². The van der Waals surface area contributed by atoms with E-state index < -0.39 is 0 Å². The molecule has 19 heavy (non-hydrogen) atoms. The standard InChI is InChI=1S/C18H23N/c1-5-19-15(4)17-10-6-7-11-18(17)16-12-8-9-13(2)14(16)3/h6-12,15,19H,5H2,1-4H3. The van der Waals surface area contributed by atoms with Crippen LogP contribution in [0.15, 0.2) is 42.5 Å². The summed E-state index contributed by atoms with van der Waals surface area (Å²) in [6, 6.07) is 15.6. The molecule has 0 spiro atoms. The molecule has 1 unspecified atom stereocenters. The Kier molecular flexibility index (Phi) is 4.39. The summed E-state index contributed by atoms with van der Waals surface area (Å²) >= 11 is 0. The third kappa shape index (κ3) is 2.87. The van der Waals surface area contributed by atoms with Crippen molar-refractivity contribution < 1.29 is 0 Å². The van der Waals surface area contributed by atoms with Crippen LogP contribution in [0.25, 0.3) is 11.1 Å². The molecule has 0 aliphatic heterocycles. The molecule has 0 aliphatic carbocycles. The van der Waals surface area contributed by atoms with Gasteiger partial charge in [-0.25, -0.2) is 0 Å². The Morgan fingerprint density at radius 1 is 0.947 bits per heavy atom. The summed E-state index contributed by atoms with van der Waals surface area (Å²) in [5.74, 6) is 0. The van der Waals surface area contributed by atoms with Crippen molar-refractivity contribution in [2.75, 3.05) is 6.54 Å². The number of rotatable bonds is 4. The Labute approximate surface area is 116 Å². The largest absolute Gasteiger partial charge is 0.310 e. The fourth-order valence-corrected chi connectivity index (χ4v) is 2.58. The lowest BCUT2D eigenvalue weighted by molar-refractivity contribution is 0.599. The maximum atomic E-state index is 3.51. The van der Waals surface area contributed by atoms with E-state index in [-0.39, 0.29) is 0 Å². The van der Waals surface area contributed by atoms with Crippen LogP contribution in [0, 0.1) is 13.8 Å². The van der Waals surface area contributed by atoms with Crippen molar-refractivity contribution in [1.29, 1.82) is 0 Å². The zero-order valence-corrected chi connectivity index (χ0v) is 12.3. The number of benzene rings is 2. The van der Waals surface area contributed by atoms with Crippen molar-refractivity contribution in [3.8, 4) is 11.1 Å². The number of aryl methyl sites for hydroxylation is 1. The molecule has 0 radical (unpaired) electrons. The van der Waals surface area contributed by atoms with Gasteiger partial charge in [-0.05, 0) is 55.1 Å². The van der Waals surface area contributed by atoms with Crippen molar-refractivity contribution in [3.63, 3.8) is 0 Å². The molecule has 0 aromatic heterocycles. The van der Waals surface area contributed by atoms with Crippen molar-refractivity contribution in [1.82, 2.24) is 5.32 Å². The third-order valence-electron chi connectivity index (χ3n) is 3.83. The lowest BCUT2D eigenvalue weighted by Crippen LogP contribution is -2.18. The van der Waals surface area contributed by atoms with E-state index >= 15 is 0 Å². The zero-order chi connectivity index (χ0) is 13.8. The van der Waals surface area contributed by atoms with Gasteiger partial charge in [0.15, 0.2) is 0 Å². The van der Waals surface area contributed by atoms with Gasteiger partial charge in [0.05, 0.1) is 0 Å². The van der Waals surface area contributed by atoms with E-state index in [2.05, 4.69) is 75.5 Å². The minimum Gasteiger partial charge on any atom is -0.310 e. The van der Waals surface area contributed by atoms with E-state index in [4.69, 9.17) is 0 Å². The van der Waals surface area contributed by atoms with Crippen LogP contribution in [-0.2, 0) is 0 Å². The van der Waals surface area contributed by atoms with Gasteiger partial charge in [0.1, 0.15) is 0 Å². The summed E-state index contributed by atoms with van der Waals surface area (Å²) < 4.78 is 0. The molecule has 100 valence electrons. The van der Waals surface area contributed by atoms with E-state index in [0.29, 0.717) is 6.04 Å². The van der Waals surface area contributed by atoms with Crippen LogP contribution in [0.4, 0.5) is 0 Å². The molecule has 1 nitrogen and oxygen atoms in total. The second-order valence-corrected chi connectivity index (χ2v) is 5.11. The SMILES string of the molecule is CCNC(C)c1ccccc1-c1cccc(C)c1C. The maximum absolute atomic E-state index is 3.51. The molecule has 0 fully saturated rings. The van der Waals surface area contributed by atoms with Gasteiger partial charge in [-0.15, -0.1) is 0 Å². The highest BCUT2D eigenvalue weighted by Gasteiger charge is 2.12. The highest BCUT2D eigenvalue weighted by molar-refractivity contribution is 5.72. The number of nitrogens with one attached hydrogen (secondary N) is 1. The van der Waals surface area contributed by atoms with Gasteiger partial charge in [-0.2, -0.15) is 0 Å². The quantitative estimate of drug-likeness (QED) is 0.837. The smallest absolute Gasteiger partial charge is 0.0297 e. The van der Waals surface area contributed by atoms with Crippen molar-refractivity contribution in [3.05, 3.63) is 59.2 Å². The summed E-state index contributed by atoms with van der Waals surface area (Å²) in [6.07, 6.45) is 0. The summed E-state index contributed by atoms with van der Waals surface area (Å²) in [6.45, 7) is 9.75. The molecular weight excluding hydrogens is 230 g/mol. The average molecular weight is 253 g/mol. The second-order valence-electron chi connectivity index (χ2n) is 5.11. The lowest BCUT2D eigenvalue weighted by atomic mass is 9.91. The summed E-state index contributed by atoms with van der Waals surface area (Å²) in [7, 11) is 0. The van der Waals surface area contributed by atoms with Gasteiger partial charge >= 0.3 is 0 Å². The molecule has 0 bridgehead atoms. The predicted molar refractivity (Wildman–Crippen MR) is 83.4 cm³/mol. The van der Waals surface area contributed by atoms with E-state index in [1.807, 2.05) is 0 Å². The first-order valence-corrected chi connectivity index (χ1v) is 7.04. The molecule has 2 aromatic carbocycles. The van der Waals surface area contributed by atoms with Crippen LogP contribution in [0.3, 0.4) is 0 Å². The van der Waals surface area contributed by atoms with Crippen LogP contribution in [0.5, 0.6) is 0 Å². The Balaban J connectivity index is 2.53. The fourth-order valence-electron chi connectivity index (χ4n) is 2.58. The van der Waals surface area contributed by atoms with Gasteiger partial charge in [-0.1, -0.05) is 49.4 Å². The van der Waals surface area contributed by atoms with E-state index in [9.17, 15) is 0 Å². The van der Waals surface area contributed by atoms with E-state index in [0.717, 1.165) is 6.54 Å². The molecule has 1 atom stereocenters. The third-order valence-corrected chi connectivity index (χ3v) is 3.83. The van der Waals surface area contributed by atoms with Crippen molar-refractivity contribution >= 4 is 0 Å². The predicted octanol–water partition coefficient (Wildman–Crippen LogP) is 4.64. The van der Waals surface area contributed by atoms with Crippen LogP contribution in [0.1, 0.15) is 36.6 Å². The molecule has 2 rings (SSSR count). The van der Waals surface area contributed by atoms with Crippen molar-refractivity contribution in [2.45, 2.75) is 33.7 Å². The molecule has 1 heteroatoms. The van der Waals surface area contributed by atoms with E-state index in [1.54, 1.807) is 0 Å². The summed E-state index contributed by atoms with van der Waals surface area (Å²) in [4.78, 5) is 0.